The van der Waals surface area contributed by atoms with E-state index in [0.717, 1.165) is 0 Å². The molecule has 2 aromatic rings. The Bertz CT molecular complexity index is 724. The number of hydrogen-bond donors (Lipinski definition) is 1. The Balaban J connectivity index is 2.47. The summed E-state index contributed by atoms with van der Waals surface area (Å²) < 4.78 is 5.35. The number of hydrogen-bond acceptors (Lipinski definition) is 7. The van der Waals surface area contributed by atoms with Crippen molar-refractivity contribution < 1.29 is 9.66 Å². The molecular formula is C12H9N5O3. The zero-order chi connectivity index (χ0) is 14.7. The molecule has 0 spiro atoms. The summed E-state index contributed by atoms with van der Waals surface area (Å²) in [6.07, 6.45) is 0. The maximum Gasteiger partial charge on any atom is 0.352 e. The van der Waals surface area contributed by atoms with Gasteiger partial charge < -0.3 is 10.5 Å². The van der Waals surface area contributed by atoms with E-state index in [2.05, 4.69) is 9.97 Å². The summed E-state index contributed by atoms with van der Waals surface area (Å²) in [5, 5.41) is 19.8. The molecule has 0 amide bonds. The number of nitrogen functional groups attached to an aromatic ring is 1. The lowest BCUT2D eigenvalue weighted by Crippen LogP contribution is -2.04. The van der Waals surface area contributed by atoms with Crippen molar-refractivity contribution in [3.63, 3.8) is 0 Å². The first-order valence-corrected chi connectivity index (χ1v) is 5.48. The molecule has 0 saturated carbocycles. The van der Waals surface area contributed by atoms with E-state index in [-0.39, 0.29) is 29.0 Å². The summed E-state index contributed by atoms with van der Waals surface area (Å²) in [5.74, 6) is -0.126. The minimum Gasteiger partial charge on any atom is -0.434 e. The Morgan fingerprint density at radius 1 is 1.45 bits per heavy atom. The molecule has 0 aliphatic carbocycles. The fourth-order valence-corrected chi connectivity index (χ4v) is 1.58. The molecule has 1 aromatic carbocycles. The molecule has 1 heterocycles. The van der Waals surface area contributed by atoms with Crippen molar-refractivity contribution in [2.75, 3.05) is 5.73 Å². The highest BCUT2D eigenvalue weighted by molar-refractivity contribution is 5.50. The third-order valence-corrected chi connectivity index (χ3v) is 2.40. The van der Waals surface area contributed by atoms with Gasteiger partial charge >= 0.3 is 11.6 Å². The minimum absolute atomic E-state index is 0.105. The van der Waals surface area contributed by atoms with Crippen LogP contribution < -0.4 is 10.5 Å². The second kappa shape index (κ2) is 5.19. The monoisotopic (exact) mass is 271 g/mol. The van der Waals surface area contributed by atoms with Crippen molar-refractivity contribution in [2.24, 2.45) is 0 Å². The topological polar surface area (TPSA) is 128 Å². The maximum absolute atomic E-state index is 11.0. The van der Waals surface area contributed by atoms with Gasteiger partial charge in [0.05, 0.1) is 16.6 Å². The molecule has 0 aliphatic heterocycles. The quantitative estimate of drug-likeness (QED) is 0.667. The number of anilines is 1. The van der Waals surface area contributed by atoms with E-state index in [0.29, 0.717) is 5.56 Å². The summed E-state index contributed by atoms with van der Waals surface area (Å²) in [5.41, 5.74) is 5.57. The Morgan fingerprint density at radius 3 is 2.85 bits per heavy atom. The maximum atomic E-state index is 11.0. The first-order valence-electron chi connectivity index (χ1n) is 5.48. The first-order chi connectivity index (χ1) is 9.51. The lowest BCUT2D eigenvalue weighted by molar-refractivity contribution is -0.386. The third-order valence-electron chi connectivity index (χ3n) is 2.40. The van der Waals surface area contributed by atoms with Gasteiger partial charge in [-0.3, -0.25) is 10.1 Å². The van der Waals surface area contributed by atoms with Crippen LogP contribution in [0.3, 0.4) is 0 Å². The predicted molar refractivity (Wildman–Crippen MR) is 69.1 cm³/mol. The Labute approximate surface area is 113 Å². The zero-order valence-electron chi connectivity index (χ0n) is 10.4. The second-order valence-corrected chi connectivity index (χ2v) is 3.82. The SMILES string of the molecule is Cc1nc(N)nc(Oc2cccc(C#N)c2)c1[N+](=O)[O-]. The van der Waals surface area contributed by atoms with Crippen LogP contribution in [0.25, 0.3) is 0 Å². The summed E-state index contributed by atoms with van der Waals surface area (Å²) in [4.78, 5) is 17.8. The largest absolute Gasteiger partial charge is 0.434 e. The van der Waals surface area contributed by atoms with E-state index >= 15 is 0 Å². The van der Waals surface area contributed by atoms with Gasteiger partial charge in [-0.25, -0.2) is 4.98 Å². The molecule has 0 saturated heterocycles. The molecule has 0 bridgehead atoms. The van der Waals surface area contributed by atoms with Crippen molar-refractivity contribution in [3.8, 4) is 17.7 Å². The predicted octanol–water partition coefficient (Wildman–Crippen LogP) is 1.94. The van der Waals surface area contributed by atoms with Crippen LogP contribution in [0, 0.1) is 28.4 Å². The number of aryl methyl sites for hydroxylation is 1. The van der Waals surface area contributed by atoms with E-state index < -0.39 is 4.92 Å². The molecule has 8 nitrogen and oxygen atoms in total. The highest BCUT2D eigenvalue weighted by Crippen LogP contribution is 2.32. The molecule has 20 heavy (non-hydrogen) atoms. The van der Waals surface area contributed by atoms with Crippen LogP contribution >= 0.6 is 0 Å². The molecule has 2 N–H and O–H groups in total. The van der Waals surface area contributed by atoms with Crippen molar-refractivity contribution in [1.29, 1.82) is 5.26 Å². The number of nitro groups is 1. The molecular weight excluding hydrogens is 262 g/mol. The van der Waals surface area contributed by atoms with Crippen LogP contribution in [0.1, 0.15) is 11.3 Å². The fourth-order valence-electron chi connectivity index (χ4n) is 1.58. The summed E-state index contributed by atoms with van der Waals surface area (Å²) in [7, 11) is 0. The van der Waals surface area contributed by atoms with Crippen LogP contribution in [-0.4, -0.2) is 14.9 Å². The molecule has 0 atom stereocenters. The lowest BCUT2D eigenvalue weighted by Gasteiger charge is -2.07. The van der Waals surface area contributed by atoms with Gasteiger partial charge in [0, 0.05) is 0 Å². The highest BCUT2D eigenvalue weighted by atomic mass is 16.6. The van der Waals surface area contributed by atoms with Gasteiger partial charge in [0.25, 0.3) is 0 Å². The summed E-state index contributed by atoms with van der Waals surface area (Å²) in [6, 6.07) is 8.12. The smallest absolute Gasteiger partial charge is 0.352 e. The van der Waals surface area contributed by atoms with Crippen LogP contribution in [0.4, 0.5) is 11.6 Å². The van der Waals surface area contributed by atoms with Crippen LogP contribution in [0.15, 0.2) is 24.3 Å². The standard InChI is InChI=1S/C12H9N5O3/c1-7-10(17(18)19)11(16-12(14)15-7)20-9-4-2-3-8(5-9)6-13/h2-5H,1H3,(H2,14,15,16). The van der Waals surface area contributed by atoms with Gasteiger partial charge in [-0.2, -0.15) is 10.2 Å². The van der Waals surface area contributed by atoms with Gasteiger partial charge in [-0.15, -0.1) is 0 Å². The number of nitrogens with zero attached hydrogens (tertiary/aromatic N) is 4. The van der Waals surface area contributed by atoms with Crippen molar-refractivity contribution in [2.45, 2.75) is 6.92 Å². The molecule has 100 valence electrons. The van der Waals surface area contributed by atoms with E-state index in [1.165, 1.54) is 13.0 Å². The van der Waals surface area contributed by atoms with Crippen molar-refractivity contribution in [3.05, 3.63) is 45.6 Å². The second-order valence-electron chi connectivity index (χ2n) is 3.82. The van der Waals surface area contributed by atoms with Gasteiger partial charge in [0.2, 0.25) is 5.95 Å². The van der Waals surface area contributed by atoms with E-state index in [4.69, 9.17) is 15.7 Å². The van der Waals surface area contributed by atoms with Crippen LogP contribution in [-0.2, 0) is 0 Å². The molecule has 1 aromatic heterocycles. The number of nitrogens with two attached hydrogens (primary N) is 1. The van der Waals surface area contributed by atoms with Crippen molar-refractivity contribution in [1.82, 2.24) is 9.97 Å². The average molecular weight is 271 g/mol. The highest BCUT2D eigenvalue weighted by Gasteiger charge is 2.23. The molecule has 8 heteroatoms. The normalized spacial score (nSPS) is 9.80. The third kappa shape index (κ3) is 2.62. The fraction of sp³-hybridized carbons (Fsp3) is 0.0833. The lowest BCUT2D eigenvalue weighted by atomic mass is 10.2. The average Bonchev–Trinajstić information content (AvgIpc) is 2.37. The van der Waals surface area contributed by atoms with Gasteiger partial charge in [0.1, 0.15) is 11.4 Å². The number of rotatable bonds is 3. The van der Waals surface area contributed by atoms with E-state index in [9.17, 15) is 10.1 Å². The van der Waals surface area contributed by atoms with Gasteiger partial charge in [-0.05, 0) is 25.1 Å². The molecule has 0 fully saturated rings. The molecule has 0 aliphatic rings. The molecule has 0 radical (unpaired) electrons. The van der Waals surface area contributed by atoms with Crippen LogP contribution in [0.5, 0.6) is 11.6 Å². The number of ether oxygens (including phenoxy) is 1. The Morgan fingerprint density at radius 2 is 2.20 bits per heavy atom. The van der Waals surface area contributed by atoms with Crippen molar-refractivity contribution >= 4 is 11.6 Å². The Kier molecular flexibility index (Phi) is 3.43. The first kappa shape index (κ1) is 13.2. The molecule has 2 rings (SSSR count). The zero-order valence-corrected chi connectivity index (χ0v) is 10.4. The number of benzene rings is 1. The Hall–Kier alpha value is -3.21. The van der Waals surface area contributed by atoms with E-state index in [1.807, 2.05) is 6.07 Å². The minimum atomic E-state index is -0.641. The molecule has 0 unspecified atom stereocenters. The number of aromatic nitrogens is 2. The van der Waals surface area contributed by atoms with Gasteiger partial charge in [-0.1, -0.05) is 6.07 Å². The van der Waals surface area contributed by atoms with E-state index in [1.54, 1.807) is 18.2 Å². The summed E-state index contributed by atoms with van der Waals surface area (Å²) >= 11 is 0. The summed E-state index contributed by atoms with van der Waals surface area (Å²) in [6.45, 7) is 1.44. The van der Waals surface area contributed by atoms with Gasteiger partial charge in [0.15, 0.2) is 0 Å². The number of nitriles is 1. The van der Waals surface area contributed by atoms with Crippen LogP contribution in [0.2, 0.25) is 0 Å².